The highest BCUT2D eigenvalue weighted by Gasteiger charge is 2.24. The minimum Gasteiger partial charge on any atom is -0.466 e. The molecule has 1 aliphatic heterocycles. The molecule has 1 amide bonds. The average Bonchev–Trinajstić information content (AvgIpc) is 3.47. The molecular formula is C33H40N6O4. The quantitative estimate of drug-likeness (QED) is 0.165. The smallest absolute Gasteiger partial charge is 0.307 e. The summed E-state index contributed by atoms with van der Waals surface area (Å²) in [6, 6.07) is 24.6. The summed E-state index contributed by atoms with van der Waals surface area (Å²) < 4.78 is 13.2. The van der Waals surface area contributed by atoms with E-state index in [2.05, 4.69) is 74.1 Å². The number of hydrogen-bond donors (Lipinski definition) is 2. The summed E-state index contributed by atoms with van der Waals surface area (Å²) in [6.07, 6.45) is 4.91. The Kier molecular flexibility index (Phi) is 10.7. The lowest BCUT2D eigenvalue weighted by atomic mass is 10.00. The minimum absolute atomic E-state index is 0.0507. The van der Waals surface area contributed by atoms with Gasteiger partial charge in [0.1, 0.15) is 17.6 Å². The zero-order chi connectivity index (χ0) is 29.9. The summed E-state index contributed by atoms with van der Waals surface area (Å²) in [5.74, 6) is 0.0257. The van der Waals surface area contributed by atoms with E-state index >= 15 is 0 Å². The number of likely N-dealkylation sites (tertiary alicyclic amines) is 1. The number of ether oxygens (including phenoxy) is 2. The maximum absolute atomic E-state index is 12.4. The van der Waals surface area contributed by atoms with Crippen LogP contribution in [0.5, 0.6) is 0 Å². The number of anilines is 1. The number of piperidine rings is 1. The summed E-state index contributed by atoms with van der Waals surface area (Å²) in [4.78, 5) is 30.7. The Bertz CT molecular complexity index is 1410. The summed E-state index contributed by atoms with van der Waals surface area (Å²) in [7, 11) is 0. The molecule has 43 heavy (non-hydrogen) atoms. The van der Waals surface area contributed by atoms with Crippen molar-refractivity contribution < 1.29 is 19.1 Å². The van der Waals surface area contributed by atoms with E-state index in [1.807, 2.05) is 24.3 Å². The van der Waals surface area contributed by atoms with Crippen molar-refractivity contribution >= 4 is 23.3 Å². The number of amides is 1. The molecule has 0 spiro atoms. The van der Waals surface area contributed by atoms with Crippen LogP contribution >= 0.6 is 0 Å². The van der Waals surface area contributed by atoms with E-state index in [9.17, 15) is 9.59 Å². The second-order valence-electron chi connectivity index (χ2n) is 10.6. The zero-order valence-electron chi connectivity index (χ0n) is 24.7. The van der Waals surface area contributed by atoms with Crippen molar-refractivity contribution in [3.63, 3.8) is 0 Å². The number of fused-ring (bicyclic) bond motifs is 1. The monoisotopic (exact) mass is 584 g/mol. The first kappa shape index (κ1) is 30.2. The Labute approximate surface area is 252 Å². The Morgan fingerprint density at radius 1 is 0.953 bits per heavy atom. The lowest BCUT2D eigenvalue weighted by Gasteiger charge is -2.34. The number of hydrogen-bond acceptors (Lipinski definition) is 8. The van der Waals surface area contributed by atoms with Gasteiger partial charge in [-0.3, -0.25) is 9.59 Å². The molecule has 0 unspecified atom stereocenters. The molecule has 0 bridgehead atoms. The second-order valence-corrected chi connectivity index (χ2v) is 10.6. The molecule has 2 N–H and O–H groups in total. The van der Waals surface area contributed by atoms with Crippen molar-refractivity contribution in [2.24, 2.45) is 0 Å². The predicted molar refractivity (Wildman–Crippen MR) is 165 cm³/mol. The third kappa shape index (κ3) is 8.62. The highest BCUT2D eigenvalue weighted by molar-refractivity contribution is 5.93. The molecule has 3 heterocycles. The molecule has 0 atom stereocenters. The number of imidazole rings is 1. The van der Waals surface area contributed by atoms with Gasteiger partial charge >= 0.3 is 5.97 Å². The molecule has 1 fully saturated rings. The van der Waals surface area contributed by atoms with Gasteiger partial charge in [-0.05, 0) is 56.0 Å². The number of aromatic nitrogens is 3. The first-order valence-corrected chi connectivity index (χ1v) is 15.1. The number of benzene rings is 2. The molecule has 5 rings (SSSR count). The Hall–Kier alpha value is -4.28. The molecule has 4 aromatic rings. The third-order valence-corrected chi connectivity index (χ3v) is 7.50. The number of nitrogens with zero attached hydrogens (tertiary/aromatic N) is 4. The molecule has 226 valence electrons. The molecule has 10 nitrogen and oxygen atoms in total. The number of rotatable bonds is 14. The van der Waals surface area contributed by atoms with E-state index in [0.717, 1.165) is 51.3 Å². The fourth-order valence-corrected chi connectivity index (χ4v) is 5.27. The van der Waals surface area contributed by atoms with Crippen LogP contribution in [0.3, 0.4) is 0 Å². The molecule has 1 aliphatic rings. The van der Waals surface area contributed by atoms with Crippen LogP contribution in [0.15, 0.2) is 79.0 Å². The molecule has 2 aromatic heterocycles. The number of carbonyl (C=O) groups is 2. The summed E-state index contributed by atoms with van der Waals surface area (Å²) in [5.41, 5.74) is 3.21. The van der Waals surface area contributed by atoms with Gasteiger partial charge in [0.05, 0.1) is 25.3 Å². The van der Waals surface area contributed by atoms with Crippen molar-refractivity contribution in [2.75, 3.05) is 44.6 Å². The molecule has 2 aromatic carbocycles. The van der Waals surface area contributed by atoms with Gasteiger partial charge in [0.2, 0.25) is 0 Å². The standard InChI is InChI=1S/C33H40N6O4/c1-2-42-31(40)16-20-35-33(41)28-24-39-30(36-28)15-14-29(37-39)34-19-9-21-38-22-17-27(18-23-38)43-32(25-10-5-3-6-11-25)26-12-7-4-8-13-26/h3-8,10-15,24,27,32H,2,9,16-23H2,1H3,(H,34,37)(H,35,41). The Balaban J connectivity index is 1.04. The maximum atomic E-state index is 12.4. The Morgan fingerprint density at radius 2 is 1.65 bits per heavy atom. The second kappa shape index (κ2) is 15.3. The van der Waals surface area contributed by atoms with Gasteiger partial charge in [-0.25, -0.2) is 9.50 Å². The third-order valence-electron chi connectivity index (χ3n) is 7.50. The van der Waals surface area contributed by atoms with Crippen molar-refractivity contribution in [3.8, 4) is 0 Å². The van der Waals surface area contributed by atoms with Crippen molar-refractivity contribution in [1.82, 2.24) is 24.8 Å². The Morgan fingerprint density at radius 3 is 2.33 bits per heavy atom. The van der Waals surface area contributed by atoms with Gasteiger partial charge in [-0.15, -0.1) is 5.10 Å². The number of esters is 1. The van der Waals surface area contributed by atoms with Crippen LogP contribution in [-0.2, 0) is 14.3 Å². The van der Waals surface area contributed by atoms with Crippen molar-refractivity contribution in [3.05, 3.63) is 95.8 Å². The lowest BCUT2D eigenvalue weighted by molar-refractivity contribution is -0.142. The van der Waals surface area contributed by atoms with Crippen LogP contribution in [0.25, 0.3) is 5.65 Å². The predicted octanol–water partition coefficient (Wildman–Crippen LogP) is 4.48. The van der Waals surface area contributed by atoms with E-state index in [4.69, 9.17) is 9.47 Å². The number of carbonyl (C=O) groups excluding carboxylic acids is 2. The summed E-state index contributed by atoms with van der Waals surface area (Å²) >= 11 is 0. The van der Waals surface area contributed by atoms with Crippen LogP contribution < -0.4 is 10.6 Å². The lowest BCUT2D eigenvalue weighted by Crippen LogP contribution is -2.38. The molecule has 10 heteroatoms. The molecule has 0 radical (unpaired) electrons. The van der Waals surface area contributed by atoms with Crippen LogP contribution in [0.1, 0.15) is 60.3 Å². The summed E-state index contributed by atoms with van der Waals surface area (Å²) in [5, 5.41) is 10.6. The highest BCUT2D eigenvalue weighted by Crippen LogP contribution is 2.30. The van der Waals surface area contributed by atoms with E-state index < -0.39 is 0 Å². The van der Waals surface area contributed by atoms with E-state index in [1.54, 1.807) is 17.6 Å². The normalized spacial score (nSPS) is 14.2. The molecule has 1 saturated heterocycles. The fourth-order valence-electron chi connectivity index (χ4n) is 5.27. The zero-order valence-corrected chi connectivity index (χ0v) is 24.7. The van der Waals surface area contributed by atoms with Gasteiger partial charge in [0, 0.05) is 26.2 Å². The van der Waals surface area contributed by atoms with Crippen LogP contribution in [0.4, 0.5) is 5.82 Å². The average molecular weight is 585 g/mol. The molecular weight excluding hydrogens is 544 g/mol. The van der Waals surface area contributed by atoms with Crippen molar-refractivity contribution in [1.29, 1.82) is 0 Å². The van der Waals surface area contributed by atoms with E-state index in [1.165, 1.54) is 11.1 Å². The van der Waals surface area contributed by atoms with Gasteiger partial charge < -0.3 is 25.0 Å². The topological polar surface area (TPSA) is 110 Å². The van der Waals surface area contributed by atoms with E-state index in [-0.39, 0.29) is 42.7 Å². The van der Waals surface area contributed by atoms with Crippen LogP contribution in [-0.4, -0.2) is 76.8 Å². The SMILES string of the molecule is CCOC(=O)CCNC(=O)c1cn2nc(NCCCN3CCC(OC(c4ccccc4)c4ccccc4)CC3)ccc2n1. The van der Waals surface area contributed by atoms with Crippen LogP contribution in [0, 0.1) is 0 Å². The van der Waals surface area contributed by atoms with Crippen LogP contribution in [0.2, 0.25) is 0 Å². The summed E-state index contributed by atoms with van der Waals surface area (Å²) in [6.45, 7) is 6.09. The van der Waals surface area contributed by atoms with Gasteiger partial charge in [0.25, 0.3) is 5.91 Å². The largest absolute Gasteiger partial charge is 0.466 e. The highest BCUT2D eigenvalue weighted by atomic mass is 16.5. The maximum Gasteiger partial charge on any atom is 0.307 e. The minimum atomic E-state index is -0.353. The van der Waals surface area contributed by atoms with Crippen molar-refractivity contribution in [2.45, 2.75) is 44.8 Å². The fraction of sp³-hybridized carbons (Fsp3) is 0.394. The van der Waals surface area contributed by atoms with Gasteiger partial charge in [-0.2, -0.15) is 0 Å². The molecule has 0 aliphatic carbocycles. The van der Waals surface area contributed by atoms with Gasteiger partial charge in [-0.1, -0.05) is 60.7 Å². The molecule has 0 saturated carbocycles. The number of nitrogens with one attached hydrogen (secondary N) is 2. The van der Waals surface area contributed by atoms with E-state index in [0.29, 0.717) is 12.3 Å². The first-order valence-electron chi connectivity index (χ1n) is 15.1. The first-order chi connectivity index (χ1) is 21.1. The van der Waals surface area contributed by atoms with Gasteiger partial charge in [0.15, 0.2) is 5.65 Å².